The standard InChI is InChI=1S/C19H27NO2/c1-6-12-20(13-7-2)18-16(21)15-11-9-10-14(8-3)17(15)22-19(18,4)5/h6-7,9-11,16,18,21H,1-2,8,12-13H2,3-5H3. The van der Waals surface area contributed by atoms with E-state index in [2.05, 4.69) is 31.0 Å². The Morgan fingerprint density at radius 2 is 1.91 bits per heavy atom. The summed E-state index contributed by atoms with van der Waals surface area (Å²) >= 11 is 0. The highest BCUT2D eigenvalue weighted by Gasteiger charge is 2.46. The van der Waals surface area contributed by atoms with Gasteiger partial charge in [0.05, 0.1) is 6.04 Å². The first-order valence-electron chi connectivity index (χ1n) is 7.91. The van der Waals surface area contributed by atoms with Crippen molar-refractivity contribution < 1.29 is 9.84 Å². The van der Waals surface area contributed by atoms with E-state index in [0.29, 0.717) is 13.1 Å². The number of para-hydroxylation sites is 1. The number of aliphatic hydroxyl groups is 1. The Hall–Kier alpha value is -1.58. The van der Waals surface area contributed by atoms with Gasteiger partial charge < -0.3 is 9.84 Å². The second kappa shape index (κ2) is 6.67. The van der Waals surface area contributed by atoms with Crippen molar-refractivity contribution >= 4 is 0 Å². The number of nitrogens with zero attached hydrogens (tertiary/aromatic N) is 1. The summed E-state index contributed by atoms with van der Waals surface area (Å²) in [4.78, 5) is 2.16. The van der Waals surface area contributed by atoms with Gasteiger partial charge >= 0.3 is 0 Å². The number of hydrogen-bond acceptors (Lipinski definition) is 3. The summed E-state index contributed by atoms with van der Waals surface area (Å²) in [5.74, 6) is 0.843. The van der Waals surface area contributed by atoms with E-state index in [1.54, 1.807) is 0 Å². The van der Waals surface area contributed by atoms with Gasteiger partial charge in [-0.05, 0) is 25.8 Å². The Labute approximate surface area is 133 Å². The molecule has 0 aliphatic carbocycles. The molecule has 1 aromatic rings. The maximum Gasteiger partial charge on any atom is 0.129 e. The zero-order chi connectivity index (χ0) is 16.3. The normalized spacial score (nSPS) is 22.8. The molecule has 3 nitrogen and oxygen atoms in total. The quantitative estimate of drug-likeness (QED) is 0.816. The van der Waals surface area contributed by atoms with Crippen LogP contribution in [0.5, 0.6) is 5.75 Å². The number of rotatable bonds is 6. The van der Waals surface area contributed by atoms with Crippen LogP contribution in [-0.4, -0.2) is 34.7 Å². The second-order valence-corrected chi connectivity index (χ2v) is 6.32. The fraction of sp³-hybridized carbons (Fsp3) is 0.474. The van der Waals surface area contributed by atoms with Crippen LogP contribution in [0.25, 0.3) is 0 Å². The Morgan fingerprint density at radius 3 is 2.45 bits per heavy atom. The first kappa shape index (κ1) is 16.8. The smallest absolute Gasteiger partial charge is 0.129 e. The summed E-state index contributed by atoms with van der Waals surface area (Å²) in [5, 5.41) is 11.0. The molecular formula is C19H27NO2. The largest absolute Gasteiger partial charge is 0.485 e. The lowest BCUT2D eigenvalue weighted by atomic mass is 9.83. The molecule has 1 heterocycles. The molecule has 0 bridgehead atoms. The van der Waals surface area contributed by atoms with Gasteiger partial charge in [-0.2, -0.15) is 0 Å². The molecule has 0 spiro atoms. The molecule has 0 fully saturated rings. The van der Waals surface area contributed by atoms with E-state index < -0.39 is 11.7 Å². The molecule has 0 amide bonds. The summed E-state index contributed by atoms with van der Waals surface area (Å²) in [6.07, 6.45) is 4.00. The van der Waals surface area contributed by atoms with E-state index in [1.165, 1.54) is 0 Å². The van der Waals surface area contributed by atoms with Gasteiger partial charge in [-0.15, -0.1) is 13.2 Å². The molecule has 1 aliphatic heterocycles. The van der Waals surface area contributed by atoms with Crippen molar-refractivity contribution in [3.63, 3.8) is 0 Å². The van der Waals surface area contributed by atoms with Crippen molar-refractivity contribution in [2.75, 3.05) is 13.1 Å². The van der Waals surface area contributed by atoms with E-state index >= 15 is 0 Å². The number of benzene rings is 1. The third-order valence-electron chi connectivity index (χ3n) is 4.32. The maximum atomic E-state index is 11.0. The third kappa shape index (κ3) is 2.96. The van der Waals surface area contributed by atoms with Crippen molar-refractivity contribution in [2.45, 2.75) is 44.9 Å². The predicted molar refractivity (Wildman–Crippen MR) is 91.2 cm³/mol. The lowest BCUT2D eigenvalue weighted by Gasteiger charge is -2.48. The predicted octanol–water partition coefficient (Wildman–Crippen LogP) is 3.50. The molecule has 2 unspecified atom stereocenters. The highest BCUT2D eigenvalue weighted by atomic mass is 16.5. The molecule has 3 heteroatoms. The van der Waals surface area contributed by atoms with Crippen molar-refractivity contribution in [3.8, 4) is 5.75 Å². The van der Waals surface area contributed by atoms with E-state index in [0.717, 1.165) is 23.3 Å². The Morgan fingerprint density at radius 1 is 1.27 bits per heavy atom. The zero-order valence-electron chi connectivity index (χ0n) is 13.9. The minimum absolute atomic E-state index is 0.150. The first-order valence-corrected chi connectivity index (χ1v) is 7.91. The summed E-state index contributed by atoms with van der Waals surface area (Å²) in [7, 11) is 0. The lowest BCUT2D eigenvalue weighted by molar-refractivity contribution is -0.0766. The lowest BCUT2D eigenvalue weighted by Crippen LogP contribution is -2.58. The number of aliphatic hydroxyl groups excluding tert-OH is 1. The maximum absolute atomic E-state index is 11.0. The Bertz CT molecular complexity index is 540. The number of fused-ring (bicyclic) bond motifs is 1. The van der Waals surface area contributed by atoms with E-state index in [9.17, 15) is 5.11 Å². The van der Waals surface area contributed by atoms with Gasteiger partial charge in [-0.25, -0.2) is 0 Å². The summed E-state index contributed by atoms with van der Waals surface area (Å²) in [6.45, 7) is 15.2. The van der Waals surface area contributed by atoms with Gasteiger partial charge in [0.15, 0.2) is 0 Å². The van der Waals surface area contributed by atoms with Gasteiger partial charge in [0.25, 0.3) is 0 Å². The molecule has 120 valence electrons. The average molecular weight is 301 g/mol. The van der Waals surface area contributed by atoms with E-state index in [-0.39, 0.29) is 6.04 Å². The van der Waals surface area contributed by atoms with Crippen LogP contribution in [0.4, 0.5) is 0 Å². The summed E-state index contributed by atoms with van der Waals surface area (Å²) in [6, 6.07) is 5.86. The molecule has 22 heavy (non-hydrogen) atoms. The topological polar surface area (TPSA) is 32.7 Å². The van der Waals surface area contributed by atoms with E-state index in [4.69, 9.17) is 4.74 Å². The fourth-order valence-corrected chi connectivity index (χ4v) is 3.39. The van der Waals surface area contributed by atoms with Crippen LogP contribution in [-0.2, 0) is 6.42 Å². The highest BCUT2D eigenvalue weighted by molar-refractivity contribution is 5.46. The van der Waals surface area contributed by atoms with Crippen LogP contribution < -0.4 is 4.74 Å². The van der Waals surface area contributed by atoms with Crippen molar-refractivity contribution in [2.24, 2.45) is 0 Å². The highest BCUT2D eigenvalue weighted by Crippen LogP contribution is 2.43. The number of aryl methyl sites for hydroxylation is 1. The summed E-state index contributed by atoms with van der Waals surface area (Å²) in [5.41, 5.74) is 1.52. The summed E-state index contributed by atoms with van der Waals surface area (Å²) < 4.78 is 6.33. The second-order valence-electron chi connectivity index (χ2n) is 6.32. The zero-order valence-corrected chi connectivity index (χ0v) is 13.9. The van der Waals surface area contributed by atoms with Crippen LogP contribution in [0.3, 0.4) is 0 Å². The van der Waals surface area contributed by atoms with Crippen LogP contribution in [0.15, 0.2) is 43.5 Å². The minimum atomic E-state index is -0.592. The molecule has 1 aromatic carbocycles. The molecule has 2 atom stereocenters. The van der Waals surface area contributed by atoms with Crippen molar-refractivity contribution in [3.05, 3.63) is 54.6 Å². The van der Waals surface area contributed by atoms with Crippen LogP contribution in [0.2, 0.25) is 0 Å². The monoisotopic (exact) mass is 301 g/mol. The van der Waals surface area contributed by atoms with E-state index in [1.807, 2.05) is 38.1 Å². The molecule has 1 aliphatic rings. The van der Waals surface area contributed by atoms with Gasteiger partial charge in [0.1, 0.15) is 17.5 Å². The molecule has 2 rings (SSSR count). The minimum Gasteiger partial charge on any atom is -0.485 e. The number of hydrogen-bond donors (Lipinski definition) is 1. The van der Waals surface area contributed by atoms with Gasteiger partial charge in [0, 0.05) is 18.7 Å². The molecule has 0 saturated heterocycles. The van der Waals surface area contributed by atoms with Crippen molar-refractivity contribution in [1.82, 2.24) is 4.90 Å². The molecule has 0 radical (unpaired) electrons. The first-order chi connectivity index (χ1) is 10.5. The average Bonchev–Trinajstić information content (AvgIpc) is 2.46. The van der Waals surface area contributed by atoms with Crippen LogP contribution in [0, 0.1) is 0 Å². The molecule has 0 saturated carbocycles. The van der Waals surface area contributed by atoms with Gasteiger partial charge in [-0.1, -0.05) is 37.3 Å². The number of ether oxygens (including phenoxy) is 1. The van der Waals surface area contributed by atoms with Gasteiger partial charge in [0.2, 0.25) is 0 Å². The SMILES string of the molecule is C=CCN(CC=C)C1C(O)c2cccc(CC)c2OC1(C)C. The Balaban J connectivity index is 2.47. The van der Waals surface area contributed by atoms with Crippen molar-refractivity contribution in [1.29, 1.82) is 0 Å². The van der Waals surface area contributed by atoms with Crippen LogP contribution >= 0.6 is 0 Å². The Kier molecular flexibility index (Phi) is 5.09. The molecule has 0 aromatic heterocycles. The molecule has 1 N–H and O–H groups in total. The van der Waals surface area contributed by atoms with Crippen LogP contribution in [0.1, 0.15) is 38.0 Å². The third-order valence-corrected chi connectivity index (χ3v) is 4.32. The van der Waals surface area contributed by atoms with Gasteiger partial charge in [-0.3, -0.25) is 4.90 Å². The fourth-order valence-electron chi connectivity index (χ4n) is 3.39. The molecular weight excluding hydrogens is 274 g/mol.